The zero-order valence-corrected chi connectivity index (χ0v) is 10.8. The largest absolute Gasteiger partial charge is 0.491 e. The first kappa shape index (κ1) is 12.6. The van der Waals surface area contributed by atoms with Gasteiger partial charge in [-0.2, -0.15) is 0 Å². The molecule has 0 aromatic carbocycles. The summed E-state index contributed by atoms with van der Waals surface area (Å²) in [6.07, 6.45) is 3.14. The van der Waals surface area contributed by atoms with Crippen LogP contribution in [0.3, 0.4) is 0 Å². The van der Waals surface area contributed by atoms with Gasteiger partial charge in [0.2, 0.25) is 0 Å². The third-order valence-electron chi connectivity index (χ3n) is 2.29. The van der Waals surface area contributed by atoms with Crippen LogP contribution in [0.5, 0.6) is 5.75 Å². The minimum Gasteiger partial charge on any atom is -0.491 e. The van der Waals surface area contributed by atoms with E-state index in [9.17, 15) is 4.79 Å². The Bertz CT molecular complexity index is 526. The average Bonchev–Trinajstić information content (AvgIpc) is 2.77. The molecule has 0 amide bonds. The van der Waals surface area contributed by atoms with Gasteiger partial charge in [-0.05, 0) is 40.2 Å². The van der Waals surface area contributed by atoms with Crippen molar-refractivity contribution in [3.05, 3.63) is 47.1 Å². The van der Waals surface area contributed by atoms with Gasteiger partial charge in [-0.3, -0.25) is 9.78 Å². The van der Waals surface area contributed by atoms with Crippen molar-refractivity contribution in [3.8, 4) is 5.75 Å². The molecule has 18 heavy (non-hydrogen) atoms. The molecule has 2 rings (SSSR count). The summed E-state index contributed by atoms with van der Waals surface area (Å²) in [6.45, 7) is -0.0129. The quantitative estimate of drug-likeness (QED) is 0.919. The van der Waals surface area contributed by atoms with E-state index in [-0.39, 0.29) is 6.61 Å². The molecule has 0 bridgehead atoms. The molecule has 0 fully saturated rings. The van der Waals surface area contributed by atoms with Gasteiger partial charge < -0.3 is 14.3 Å². The number of carboxylic acid groups (broad SMARTS) is 1. The fraction of sp³-hybridized carbons (Fsp3) is 0.167. The minimum atomic E-state index is -0.999. The predicted octanol–water partition coefficient (Wildman–Crippen LogP) is 2.68. The van der Waals surface area contributed by atoms with Gasteiger partial charge >= 0.3 is 5.97 Å². The lowest BCUT2D eigenvalue weighted by Crippen LogP contribution is -2.19. The maximum absolute atomic E-state index is 11.2. The van der Waals surface area contributed by atoms with Gasteiger partial charge in [0.25, 0.3) is 0 Å². The van der Waals surface area contributed by atoms with Crippen molar-refractivity contribution in [2.24, 2.45) is 0 Å². The monoisotopic (exact) mass is 311 g/mol. The van der Waals surface area contributed by atoms with Crippen LogP contribution in [0.4, 0.5) is 0 Å². The van der Waals surface area contributed by atoms with Gasteiger partial charge in [-0.1, -0.05) is 0 Å². The standard InChI is InChI=1S/C12H10BrNO4/c13-11-4-3-10(18-11)9(12(15)16)7-17-8-2-1-5-14-6-8/h1-6,9H,7H2,(H,15,16). The number of rotatable bonds is 5. The van der Waals surface area contributed by atoms with Gasteiger partial charge in [0.1, 0.15) is 24.0 Å². The number of carbonyl (C=O) groups is 1. The Morgan fingerprint density at radius 1 is 1.50 bits per heavy atom. The van der Waals surface area contributed by atoms with Crippen LogP contribution in [0.25, 0.3) is 0 Å². The number of pyridine rings is 1. The Morgan fingerprint density at radius 3 is 2.89 bits per heavy atom. The molecule has 1 N–H and O–H groups in total. The number of aromatic nitrogens is 1. The smallest absolute Gasteiger partial charge is 0.317 e. The number of aliphatic carboxylic acids is 1. The van der Waals surface area contributed by atoms with Crippen molar-refractivity contribution in [3.63, 3.8) is 0 Å². The van der Waals surface area contributed by atoms with Gasteiger partial charge in [-0.25, -0.2) is 0 Å². The zero-order valence-electron chi connectivity index (χ0n) is 9.25. The lowest BCUT2D eigenvalue weighted by molar-refractivity contribution is -0.140. The summed E-state index contributed by atoms with van der Waals surface area (Å²) in [5, 5.41) is 9.14. The summed E-state index contributed by atoms with van der Waals surface area (Å²) >= 11 is 3.14. The average molecular weight is 312 g/mol. The molecule has 0 aliphatic rings. The molecule has 1 atom stereocenters. The van der Waals surface area contributed by atoms with Gasteiger partial charge in [0, 0.05) is 6.20 Å². The molecule has 0 saturated heterocycles. The number of halogens is 1. The molecule has 0 aliphatic heterocycles. The lowest BCUT2D eigenvalue weighted by Gasteiger charge is -2.11. The maximum Gasteiger partial charge on any atom is 0.317 e. The number of nitrogens with zero attached hydrogens (tertiary/aromatic N) is 1. The van der Waals surface area contributed by atoms with Crippen molar-refractivity contribution >= 4 is 21.9 Å². The summed E-state index contributed by atoms with van der Waals surface area (Å²) < 4.78 is 11.1. The number of furan rings is 1. The molecule has 2 heterocycles. The lowest BCUT2D eigenvalue weighted by atomic mass is 10.1. The molecule has 5 nitrogen and oxygen atoms in total. The van der Waals surface area contributed by atoms with Crippen molar-refractivity contribution in [1.82, 2.24) is 4.98 Å². The van der Waals surface area contributed by atoms with Crippen molar-refractivity contribution in [2.45, 2.75) is 5.92 Å². The highest BCUT2D eigenvalue weighted by Crippen LogP contribution is 2.23. The Labute approximate surface area is 112 Å². The first-order valence-electron chi connectivity index (χ1n) is 5.17. The highest BCUT2D eigenvalue weighted by Gasteiger charge is 2.24. The van der Waals surface area contributed by atoms with E-state index < -0.39 is 11.9 Å². The molecule has 94 valence electrons. The normalized spacial score (nSPS) is 12.1. The number of hydrogen-bond acceptors (Lipinski definition) is 4. The fourth-order valence-corrected chi connectivity index (χ4v) is 1.72. The van der Waals surface area contributed by atoms with E-state index in [1.165, 1.54) is 6.20 Å². The van der Waals surface area contributed by atoms with E-state index >= 15 is 0 Å². The van der Waals surface area contributed by atoms with Crippen LogP contribution in [0.1, 0.15) is 11.7 Å². The Kier molecular flexibility index (Phi) is 3.99. The molecular weight excluding hydrogens is 302 g/mol. The van der Waals surface area contributed by atoms with Crippen LogP contribution in [0, 0.1) is 0 Å². The molecule has 2 aromatic heterocycles. The second-order valence-electron chi connectivity index (χ2n) is 3.53. The van der Waals surface area contributed by atoms with Gasteiger partial charge in [0.15, 0.2) is 4.67 Å². The first-order valence-corrected chi connectivity index (χ1v) is 5.97. The van der Waals surface area contributed by atoms with Gasteiger partial charge in [-0.15, -0.1) is 0 Å². The Balaban J connectivity index is 2.06. The summed E-state index contributed by atoms with van der Waals surface area (Å²) in [4.78, 5) is 15.0. The minimum absolute atomic E-state index is 0.0129. The SMILES string of the molecule is O=C(O)C(COc1cccnc1)c1ccc(Br)o1. The molecule has 6 heteroatoms. The molecule has 0 aliphatic carbocycles. The van der Waals surface area contributed by atoms with Crippen LogP contribution >= 0.6 is 15.9 Å². The van der Waals surface area contributed by atoms with E-state index in [1.54, 1.807) is 30.5 Å². The van der Waals surface area contributed by atoms with Crippen LogP contribution < -0.4 is 4.74 Å². The topological polar surface area (TPSA) is 72.6 Å². The highest BCUT2D eigenvalue weighted by atomic mass is 79.9. The number of carboxylic acids is 1. The predicted molar refractivity (Wildman–Crippen MR) is 66.5 cm³/mol. The fourth-order valence-electron chi connectivity index (χ4n) is 1.40. The summed E-state index contributed by atoms with van der Waals surface area (Å²) in [5.41, 5.74) is 0. The van der Waals surface area contributed by atoms with Crippen LogP contribution in [-0.2, 0) is 4.79 Å². The van der Waals surface area contributed by atoms with Crippen LogP contribution in [0.2, 0.25) is 0 Å². The van der Waals surface area contributed by atoms with Crippen LogP contribution in [-0.4, -0.2) is 22.7 Å². The summed E-state index contributed by atoms with van der Waals surface area (Å²) in [6, 6.07) is 6.68. The van der Waals surface area contributed by atoms with E-state index in [1.807, 2.05) is 0 Å². The van der Waals surface area contributed by atoms with E-state index in [0.29, 0.717) is 16.2 Å². The number of hydrogen-bond donors (Lipinski definition) is 1. The van der Waals surface area contributed by atoms with Gasteiger partial charge in [0.05, 0.1) is 6.20 Å². The van der Waals surface area contributed by atoms with E-state index in [2.05, 4.69) is 20.9 Å². The molecular formula is C12H10BrNO4. The second-order valence-corrected chi connectivity index (χ2v) is 4.31. The van der Waals surface area contributed by atoms with Crippen molar-refractivity contribution < 1.29 is 19.1 Å². The van der Waals surface area contributed by atoms with Crippen molar-refractivity contribution in [2.75, 3.05) is 6.61 Å². The summed E-state index contributed by atoms with van der Waals surface area (Å²) in [7, 11) is 0. The Hall–Kier alpha value is -1.82. The summed E-state index contributed by atoms with van der Waals surface area (Å²) in [5.74, 6) is -0.982. The molecule has 1 unspecified atom stereocenters. The second kappa shape index (κ2) is 5.68. The third kappa shape index (κ3) is 3.10. The maximum atomic E-state index is 11.2. The molecule has 0 radical (unpaired) electrons. The third-order valence-corrected chi connectivity index (χ3v) is 2.71. The van der Waals surface area contributed by atoms with E-state index in [4.69, 9.17) is 14.3 Å². The Morgan fingerprint density at radius 2 is 2.33 bits per heavy atom. The van der Waals surface area contributed by atoms with Crippen LogP contribution in [0.15, 0.2) is 45.7 Å². The number of ether oxygens (including phenoxy) is 1. The molecule has 2 aromatic rings. The molecule has 0 spiro atoms. The highest BCUT2D eigenvalue weighted by molar-refractivity contribution is 9.10. The zero-order chi connectivity index (χ0) is 13.0. The molecule has 0 saturated carbocycles. The van der Waals surface area contributed by atoms with Crippen molar-refractivity contribution in [1.29, 1.82) is 0 Å². The van der Waals surface area contributed by atoms with E-state index in [0.717, 1.165) is 0 Å². The first-order chi connectivity index (χ1) is 8.66.